The van der Waals surface area contributed by atoms with Gasteiger partial charge in [0.1, 0.15) is 4.99 Å². The molecule has 0 bridgehead atoms. The van der Waals surface area contributed by atoms with Gasteiger partial charge in [-0.25, -0.2) is 0 Å². The molecule has 1 aliphatic heterocycles. The van der Waals surface area contributed by atoms with Gasteiger partial charge in [-0.1, -0.05) is 12.2 Å². The van der Waals surface area contributed by atoms with Crippen molar-refractivity contribution in [1.82, 2.24) is 4.90 Å². The van der Waals surface area contributed by atoms with E-state index in [0.29, 0.717) is 11.5 Å². The Kier molecular flexibility index (Phi) is 3.87. The Morgan fingerprint density at radius 3 is 2.72 bits per heavy atom. The van der Waals surface area contributed by atoms with Crippen molar-refractivity contribution < 1.29 is 4.79 Å². The van der Waals surface area contributed by atoms with Gasteiger partial charge in [-0.15, -0.1) is 0 Å². The summed E-state index contributed by atoms with van der Waals surface area (Å²) in [6, 6.07) is 5.71. The first-order chi connectivity index (χ1) is 8.49. The first kappa shape index (κ1) is 13.3. The van der Waals surface area contributed by atoms with Crippen LogP contribution in [0.5, 0.6) is 0 Å². The van der Waals surface area contributed by atoms with E-state index in [1.165, 1.54) is 0 Å². The van der Waals surface area contributed by atoms with Crippen molar-refractivity contribution in [2.75, 3.05) is 31.6 Å². The highest BCUT2D eigenvalue weighted by Gasteiger charge is 2.22. The van der Waals surface area contributed by atoms with Gasteiger partial charge >= 0.3 is 0 Å². The average Bonchev–Trinajstić information content (AvgIpc) is 2.32. The third kappa shape index (κ3) is 2.64. The van der Waals surface area contributed by atoms with Crippen molar-refractivity contribution in [2.45, 2.75) is 0 Å². The SMILES string of the molecule is CN1CCN(c2ccc(C(N)=S)cc2Br)CC1=O. The van der Waals surface area contributed by atoms with Gasteiger partial charge < -0.3 is 15.5 Å². The summed E-state index contributed by atoms with van der Waals surface area (Å²) in [6.45, 7) is 1.97. The van der Waals surface area contributed by atoms with Crippen molar-refractivity contribution in [2.24, 2.45) is 5.73 Å². The number of carbonyl (C=O) groups excluding carboxylic acids is 1. The number of hydrogen-bond donors (Lipinski definition) is 1. The zero-order valence-electron chi connectivity index (χ0n) is 10.0. The number of halogens is 1. The summed E-state index contributed by atoms with van der Waals surface area (Å²) in [5.41, 5.74) is 7.40. The number of piperazine rings is 1. The molecule has 2 N–H and O–H groups in total. The first-order valence-corrected chi connectivity index (χ1v) is 6.77. The number of likely N-dealkylation sites (N-methyl/N-ethyl adjacent to an activating group) is 1. The lowest BCUT2D eigenvalue weighted by molar-refractivity contribution is -0.129. The summed E-state index contributed by atoms with van der Waals surface area (Å²) >= 11 is 8.44. The minimum absolute atomic E-state index is 0.131. The van der Waals surface area contributed by atoms with E-state index in [1.807, 2.05) is 25.2 Å². The highest BCUT2D eigenvalue weighted by atomic mass is 79.9. The molecule has 0 atom stereocenters. The predicted octanol–water partition coefficient (Wildman–Crippen LogP) is 1.36. The van der Waals surface area contributed by atoms with E-state index in [0.717, 1.165) is 28.8 Å². The zero-order valence-corrected chi connectivity index (χ0v) is 12.4. The monoisotopic (exact) mass is 327 g/mol. The molecule has 1 aromatic carbocycles. The molecule has 96 valence electrons. The highest BCUT2D eigenvalue weighted by molar-refractivity contribution is 9.10. The number of amides is 1. The fourth-order valence-electron chi connectivity index (χ4n) is 1.88. The molecule has 18 heavy (non-hydrogen) atoms. The van der Waals surface area contributed by atoms with Gasteiger partial charge in [0.2, 0.25) is 5.91 Å². The molecule has 0 aliphatic carbocycles. The van der Waals surface area contributed by atoms with Gasteiger partial charge in [0, 0.05) is 30.2 Å². The molecule has 0 saturated carbocycles. The van der Waals surface area contributed by atoms with Crippen LogP contribution in [0.1, 0.15) is 5.56 Å². The second-order valence-corrected chi connectivity index (χ2v) is 5.56. The molecular formula is C12H14BrN3OS. The number of benzene rings is 1. The molecule has 0 radical (unpaired) electrons. The van der Waals surface area contributed by atoms with Crippen LogP contribution in [0.2, 0.25) is 0 Å². The molecule has 4 nitrogen and oxygen atoms in total. The Bertz CT molecular complexity index is 506. The van der Waals surface area contributed by atoms with Gasteiger partial charge in [-0.2, -0.15) is 0 Å². The molecule has 1 amide bonds. The van der Waals surface area contributed by atoms with E-state index in [1.54, 1.807) is 4.90 Å². The van der Waals surface area contributed by atoms with Gasteiger partial charge in [-0.3, -0.25) is 4.79 Å². The average molecular weight is 328 g/mol. The van der Waals surface area contributed by atoms with Crippen LogP contribution in [-0.4, -0.2) is 42.5 Å². The smallest absolute Gasteiger partial charge is 0.241 e. The molecule has 0 spiro atoms. The zero-order chi connectivity index (χ0) is 13.3. The Hall–Kier alpha value is -1.14. The largest absolute Gasteiger partial charge is 0.389 e. The van der Waals surface area contributed by atoms with E-state index < -0.39 is 0 Å². The summed E-state index contributed by atoms with van der Waals surface area (Å²) in [7, 11) is 1.82. The van der Waals surface area contributed by atoms with E-state index in [-0.39, 0.29) is 5.91 Å². The van der Waals surface area contributed by atoms with Crippen LogP contribution in [0.4, 0.5) is 5.69 Å². The standard InChI is InChI=1S/C12H14BrN3OS/c1-15-4-5-16(7-11(15)17)10-3-2-8(12(14)18)6-9(10)13/h2-3,6H,4-5,7H2,1H3,(H2,14,18). The minimum Gasteiger partial charge on any atom is -0.389 e. The van der Waals surface area contributed by atoms with Gasteiger partial charge in [0.25, 0.3) is 0 Å². The third-order valence-electron chi connectivity index (χ3n) is 3.03. The quantitative estimate of drug-likeness (QED) is 0.833. The van der Waals surface area contributed by atoms with Crippen LogP contribution < -0.4 is 10.6 Å². The van der Waals surface area contributed by atoms with E-state index in [9.17, 15) is 4.79 Å². The third-order valence-corrected chi connectivity index (χ3v) is 3.90. The lowest BCUT2D eigenvalue weighted by Crippen LogP contribution is -2.48. The molecule has 1 fully saturated rings. The van der Waals surface area contributed by atoms with Crippen molar-refractivity contribution in [3.63, 3.8) is 0 Å². The number of anilines is 1. The van der Waals surface area contributed by atoms with Crippen molar-refractivity contribution in [1.29, 1.82) is 0 Å². The van der Waals surface area contributed by atoms with Crippen LogP contribution in [0.3, 0.4) is 0 Å². The number of hydrogen-bond acceptors (Lipinski definition) is 3. The molecule has 0 unspecified atom stereocenters. The van der Waals surface area contributed by atoms with Gasteiger partial charge in [0.05, 0.1) is 12.2 Å². The minimum atomic E-state index is 0.131. The second-order valence-electron chi connectivity index (χ2n) is 4.27. The highest BCUT2D eigenvalue weighted by Crippen LogP contribution is 2.28. The summed E-state index contributed by atoms with van der Waals surface area (Å²) in [5, 5.41) is 0. The molecule has 1 aromatic rings. The molecule has 1 aliphatic rings. The molecule has 1 saturated heterocycles. The Labute approximate surface area is 120 Å². The topological polar surface area (TPSA) is 49.6 Å². The Morgan fingerprint density at radius 1 is 1.44 bits per heavy atom. The van der Waals surface area contributed by atoms with Crippen molar-refractivity contribution >= 4 is 44.7 Å². The number of rotatable bonds is 2. The van der Waals surface area contributed by atoms with Crippen LogP contribution in [0.15, 0.2) is 22.7 Å². The summed E-state index contributed by atoms with van der Waals surface area (Å²) < 4.78 is 0.908. The Morgan fingerprint density at radius 2 is 2.17 bits per heavy atom. The van der Waals surface area contributed by atoms with Crippen LogP contribution in [0.25, 0.3) is 0 Å². The van der Waals surface area contributed by atoms with Crippen LogP contribution >= 0.6 is 28.1 Å². The van der Waals surface area contributed by atoms with Gasteiger partial charge in [0.15, 0.2) is 0 Å². The summed E-state index contributed by atoms with van der Waals surface area (Å²) in [6.07, 6.45) is 0. The summed E-state index contributed by atoms with van der Waals surface area (Å²) in [4.78, 5) is 15.9. The summed E-state index contributed by atoms with van der Waals surface area (Å²) in [5.74, 6) is 0.131. The normalized spacial score (nSPS) is 16.0. The van der Waals surface area contributed by atoms with Crippen molar-refractivity contribution in [3.05, 3.63) is 28.2 Å². The number of nitrogens with two attached hydrogens (primary N) is 1. The van der Waals surface area contributed by atoms with Crippen LogP contribution in [-0.2, 0) is 4.79 Å². The second kappa shape index (κ2) is 5.24. The molecular weight excluding hydrogens is 314 g/mol. The Balaban J connectivity index is 2.24. The molecule has 6 heteroatoms. The van der Waals surface area contributed by atoms with Crippen molar-refractivity contribution in [3.8, 4) is 0 Å². The lowest BCUT2D eigenvalue weighted by Gasteiger charge is -2.34. The maximum absolute atomic E-state index is 11.7. The van der Waals surface area contributed by atoms with E-state index in [4.69, 9.17) is 18.0 Å². The maximum Gasteiger partial charge on any atom is 0.241 e. The molecule has 0 aromatic heterocycles. The predicted molar refractivity (Wildman–Crippen MR) is 79.9 cm³/mol. The first-order valence-electron chi connectivity index (χ1n) is 5.57. The number of thiocarbonyl (C=S) groups is 1. The fraction of sp³-hybridized carbons (Fsp3) is 0.333. The molecule has 1 heterocycles. The fourth-order valence-corrected chi connectivity index (χ4v) is 2.64. The lowest BCUT2D eigenvalue weighted by atomic mass is 10.2. The number of carbonyl (C=O) groups is 1. The van der Waals surface area contributed by atoms with E-state index >= 15 is 0 Å². The van der Waals surface area contributed by atoms with Gasteiger partial charge in [-0.05, 0) is 34.1 Å². The number of nitrogens with zero attached hydrogens (tertiary/aromatic N) is 2. The molecule has 2 rings (SSSR count). The van der Waals surface area contributed by atoms with Crippen LogP contribution in [0, 0.1) is 0 Å². The van der Waals surface area contributed by atoms with E-state index in [2.05, 4.69) is 20.8 Å². The maximum atomic E-state index is 11.7.